The summed E-state index contributed by atoms with van der Waals surface area (Å²) in [4.78, 5) is 11.4. The lowest BCUT2D eigenvalue weighted by Crippen LogP contribution is -2.09. The average Bonchev–Trinajstić information content (AvgIpc) is 2.17. The van der Waals surface area contributed by atoms with E-state index in [0.717, 1.165) is 22.4 Å². The minimum Gasteiger partial charge on any atom is -0.496 e. The summed E-state index contributed by atoms with van der Waals surface area (Å²) in [6.45, 7) is 1.95. The first kappa shape index (κ1) is 9.00. The number of carbonyl (C=O) groups is 1. The second kappa shape index (κ2) is 3.29. The van der Waals surface area contributed by atoms with Crippen molar-refractivity contribution in [2.45, 2.75) is 13.3 Å². The smallest absolute Gasteiger partial charge is 0.160 e. The Morgan fingerprint density at radius 1 is 1.36 bits per heavy atom. The van der Waals surface area contributed by atoms with Gasteiger partial charge >= 0.3 is 0 Å². The molecule has 0 heterocycles. The van der Waals surface area contributed by atoms with E-state index >= 15 is 0 Å². The van der Waals surface area contributed by atoms with Crippen LogP contribution < -0.4 is 4.74 Å². The first-order chi connectivity index (χ1) is 6.72. The van der Waals surface area contributed by atoms with Gasteiger partial charge in [-0.2, -0.15) is 0 Å². The molecule has 0 fully saturated rings. The van der Waals surface area contributed by atoms with E-state index < -0.39 is 0 Å². The number of hydrogen-bond acceptors (Lipinski definition) is 2. The van der Waals surface area contributed by atoms with E-state index in [0.29, 0.717) is 6.42 Å². The van der Waals surface area contributed by atoms with Gasteiger partial charge in [0, 0.05) is 12.0 Å². The van der Waals surface area contributed by atoms with Gasteiger partial charge in [0.2, 0.25) is 0 Å². The maximum Gasteiger partial charge on any atom is 0.160 e. The Morgan fingerprint density at radius 2 is 2.14 bits per heavy atom. The summed E-state index contributed by atoms with van der Waals surface area (Å²) in [7, 11) is 1.63. The summed E-state index contributed by atoms with van der Waals surface area (Å²) in [5.41, 5.74) is 3.17. The van der Waals surface area contributed by atoms with Gasteiger partial charge in [-0.25, -0.2) is 0 Å². The second-order valence-corrected chi connectivity index (χ2v) is 3.46. The van der Waals surface area contributed by atoms with Gasteiger partial charge in [-0.05, 0) is 30.2 Å². The number of rotatable bonds is 1. The summed E-state index contributed by atoms with van der Waals surface area (Å²) in [5, 5.41) is 0. The molecule has 0 saturated carbocycles. The third-order valence-corrected chi connectivity index (χ3v) is 2.51. The number of carbonyl (C=O) groups excluding carboxylic acids is 1. The first-order valence-electron chi connectivity index (χ1n) is 4.59. The highest BCUT2D eigenvalue weighted by Gasteiger charge is 2.17. The Bertz CT molecular complexity index is 416. The normalized spacial score (nSPS) is 14.7. The van der Waals surface area contributed by atoms with Crippen molar-refractivity contribution < 1.29 is 9.53 Å². The van der Waals surface area contributed by atoms with E-state index in [1.54, 1.807) is 13.2 Å². The molecule has 0 radical (unpaired) electrons. The van der Waals surface area contributed by atoms with Gasteiger partial charge in [0.1, 0.15) is 5.75 Å². The van der Waals surface area contributed by atoms with Gasteiger partial charge < -0.3 is 4.74 Å². The van der Waals surface area contributed by atoms with E-state index in [4.69, 9.17) is 4.74 Å². The van der Waals surface area contributed by atoms with Crippen molar-refractivity contribution in [2.75, 3.05) is 7.11 Å². The molecule has 72 valence electrons. The predicted octanol–water partition coefficient (Wildman–Crippen LogP) is 2.22. The molecule has 0 N–H and O–H groups in total. The number of ketones is 1. The third-order valence-electron chi connectivity index (χ3n) is 2.51. The monoisotopic (exact) mass is 188 g/mol. The van der Waals surface area contributed by atoms with Crippen molar-refractivity contribution in [3.63, 3.8) is 0 Å². The number of benzene rings is 1. The molecule has 14 heavy (non-hydrogen) atoms. The quantitative estimate of drug-likeness (QED) is 0.675. The molecule has 0 aliphatic heterocycles. The van der Waals surface area contributed by atoms with Crippen molar-refractivity contribution in [2.24, 2.45) is 0 Å². The van der Waals surface area contributed by atoms with Crippen molar-refractivity contribution >= 4 is 11.4 Å². The van der Waals surface area contributed by atoms with Crippen LogP contribution in [0.2, 0.25) is 0 Å². The molecule has 0 unspecified atom stereocenters. The predicted molar refractivity (Wildman–Crippen MR) is 55.4 cm³/mol. The van der Waals surface area contributed by atoms with Crippen LogP contribution in [0.15, 0.2) is 24.3 Å². The number of ether oxygens (including phenoxy) is 1. The summed E-state index contributed by atoms with van der Waals surface area (Å²) < 4.78 is 5.23. The van der Waals surface area contributed by atoms with Crippen molar-refractivity contribution in [3.8, 4) is 5.75 Å². The summed E-state index contributed by atoms with van der Waals surface area (Å²) in [5.74, 6) is 0.961. The molecule has 0 bridgehead atoms. The van der Waals surface area contributed by atoms with Crippen LogP contribution in [0.25, 0.3) is 5.57 Å². The third kappa shape index (κ3) is 1.33. The SMILES string of the molecule is COc1cccc2c1CC(=O)C=C2C. The minimum absolute atomic E-state index is 0.152. The molecule has 1 aromatic carbocycles. The zero-order valence-corrected chi connectivity index (χ0v) is 8.33. The molecule has 0 amide bonds. The molecule has 1 aliphatic rings. The number of allylic oxidation sites excluding steroid dienone is 2. The van der Waals surface area contributed by atoms with E-state index in [9.17, 15) is 4.79 Å². The van der Waals surface area contributed by atoms with Crippen LogP contribution in [0, 0.1) is 0 Å². The van der Waals surface area contributed by atoms with Gasteiger partial charge in [0.05, 0.1) is 7.11 Å². The molecule has 0 saturated heterocycles. The molecule has 1 aliphatic carbocycles. The highest BCUT2D eigenvalue weighted by atomic mass is 16.5. The maximum absolute atomic E-state index is 11.4. The van der Waals surface area contributed by atoms with E-state index in [-0.39, 0.29) is 5.78 Å². The Labute approximate surface area is 83.2 Å². The topological polar surface area (TPSA) is 26.3 Å². The highest BCUT2D eigenvalue weighted by molar-refractivity contribution is 6.02. The van der Waals surface area contributed by atoms with E-state index in [2.05, 4.69) is 0 Å². The number of hydrogen-bond donors (Lipinski definition) is 0. The molecule has 0 aromatic heterocycles. The molecule has 0 spiro atoms. The summed E-state index contributed by atoms with van der Waals surface area (Å²) >= 11 is 0. The summed E-state index contributed by atoms with van der Waals surface area (Å²) in [6, 6.07) is 5.87. The molecule has 0 atom stereocenters. The molecular formula is C12H12O2. The number of fused-ring (bicyclic) bond motifs is 1. The van der Waals surface area contributed by atoms with Crippen LogP contribution in [0.1, 0.15) is 18.1 Å². The van der Waals surface area contributed by atoms with E-state index in [1.807, 2.05) is 25.1 Å². The minimum atomic E-state index is 0.152. The van der Waals surface area contributed by atoms with Gasteiger partial charge in [-0.1, -0.05) is 12.1 Å². The van der Waals surface area contributed by atoms with Gasteiger partial charge in [-0.15, -0.1) is 0 Å². The van der Waals surface area contributed by atoms with Crippen LogP contribution in [0.4, 0.5) is 0 Å². The Balaban J connectivity index is 2.62. The molecule has 2 heteroatoms. The van der Waals surface area contributed by atoms with Crippen molar-refractivity contribution in [1.29, 1.82) is 0 Å². The Hall–Kier alpha value is -1.57. The molecular weight excluding hydrogens is 176 g/mol. The lowest BCUT2D eigenvalue weighted by atomic mass is 9.90. The zero-order chi connectivity index (χ0) is 10.1. The lowest BCUT2D eigenvalue weighted by Gasteiger charge is -2.16. The second-order valence-electron chi connectivity index (χ2n) is 3.46. The van der Waals surface area contributed by atoms with Gasteiger partial charge in [0.25, 0.3) is 0 Å². The van der Waals surface area contributed by atoms with Crippen LogP contribution in [-0.2, 0) is 11.2 Å². The Morgan fingerprint density at radius 3 is 2.86 bits per heavy atom. The van der Waals surface area contributed by atoms with Gasteiger partial charge in [-0.3, -0.25) is 4.79 Å². The fraction of sp³-hybridized carbons (Fsp3) is 0.250. The largest absolute Gasteiger partial charge is 0.496 e. The number of methoxy groups -OCH3 is 1. The highest BCUT2D eigenvalue weighted by Crippen LogP contribution is 2.31. The fourth-order valence-corrected chi connectivity index (χ4v) is 1.85. The molecule has 2 rings (SSSR count). The van der Waals surface area contributed by atoms with Crippen LogP contribution >= 0.6 is 0 Å². The van der Waals surface area contributed by atoms with E-state index in [1.165, 1.54) is 0 Å². The standard InChI is InChI=1S/C12H12O2/c1-8-6-9(13)7-11-10(8)4-3-5-12(11)14-2/h3-6H,7H2,1-2H3. The molecule has 1 aromatic rings. The summed E-state index contributed by atoms with van der Waals surface area (Å²) in [6.07, 6.45) is 2.15. The fourth-order valence-electron chi connectivity index (χ4n) is 1.85. The van der Waals surface area contributed by atoms with Crippen LogP contribution in [0.5, 0.6) is 5.75 Å². The first-order valence-corrected chi connectivity index (χ1v) is 4.59. The Kier molecular flexibility index (Phi) is 2.12. The van der Waals surface area contributed by atoms with Crippen LogP contribution in [-0.4, -0.2) is 12.9 Å². The van der Waals surface area contributed by atoms with Crippen molar-refractivity contribution in [3.05, 3.63) is 35.4 Å². The molecule has 2 nitrogen and oxygen atoms in total. The van der Waals surface area contributed by atoms with Gasteiger partial charge in [0.15, 0.2) is 5.78 Å². The lowest BCUT2D eigenvalue weighted by molar-refractivity contribution is -0.114. The zero-order valence-electron chi connectivity index (χ0n) is 8.33. The van der Waals surface area contributed by atoms with Crippen LogP contribution in [0.3, 0.4) is 0 Å². The maximum atomic E-state index is 11.4. The van der Waals surface area contributed by atoms with Crippen molar-refractivity contribution in [1.82, 2.24) is 0 Å². The average molecular weight is 188 g/mol.